The average Bonchev–Trinajstić information content (AvgIpc) is 2.62. The van der Waals surface area contributed by atoms with E-state index in [4.69, 9.17) is 5.73 Å². The molecule has 1 aliphatic heterocycles. The quantitative estimate of drug-likeness (QED) is 0.894. The van der Waals surface area contributed by atoms with Gasteiger partial charge < -0.3 is 20.4 Å². The number of carbonyl (C=O) groups is 2. The van der Waals surface area contributed by atoms with E-state index in [0.29, 0.717) is 39.3 Å². The predicted molar refractivity (Wildman–Crippen MR) is 97.1 cm³/mol. The maximum absolute atomic E-state index is 12.5. The molecule has 6 nitrogen and oxygen atoms in total. The zero-order chi connectivity index (χ0) is 16.8. The van der Waals surface area contributed by atoms with Crippen molar-refractivity contribution in [3.63, 3.8) is 0 Å². The Kier molecular flexibility index (Phi) is 8.01. The van der Waals surface area contributed by atoms with Crippen molar-refractivity contribution < 1.29 is 9.59 Å². The lowest BCUT2D eigenvalue weighted by Crippen LogP contribution is -2.55. The van der Waals surface area contributed by atoms with Crippen LogP contribution in [0.25, 0.3) is 0 Å². The first-order valence-electron chi connectivity index (χ1n) is 8.21. The summed E-state index contributed by atoms with van der Waals surface area (Å²) in [7, 11) is 0. The molecule has 0 aliphatic carbocycles. The highest BCUT2D eigenvalue weighted by atomic mass is 35.5. The van der Waals surface area contributed by atoms with Gasteiger partial charge in [0.05, 0.1) is 0 Å². The summed E-state index contributed by atoms with van der Waals surface area (Å²) in [4.78, 5) is 30.2. The van der Waals surface area contributed by atoms with E-state index in [2.05, 4.69) is 0 Å². The molecule has 24 heavy (non-hydrogen) atoms. The highest BCUT2D eigenvalue weighted by molar-refractivity contribution is 5.85. The van der Waals surface area contributed by atoms with Crippen molar-refractivity contribution >= 4 is 24.3 Å². The summed E-state index contributed by atoms with van der Waals surface area (Å²) in [6.07, 6.45) is 0. The Morgan fingerprint density at radius 3 is 2.04 bits per heavy atom. The monoisotopic (exact) mass is 354 g/mol. The van der Waals surface area contributed by atoms with Crippen LogP contribution in [0.3, 0.4) is 0 Å². The third-order valence-corrected chi connectivity index (χ3v) is 4.32. The van der Waals surface area contributed by atoms with E-state index in [1.54, 1.807) is 9.80 Å². The van der Waals surface area contributed by atoms with Crippen LogP contribution in [0.2, 0.25) is 0 Å². The number of nitrogens with two attached hydrogens (primary N) is 1. The Morgan fingerprint density at radius 1 is 1.04 bits per heavy atom. The van der Waals surface area contributed by atoms with Crippen molar-refractivity contribution in [2.45, 2.75) is 19.9 Å². The molecule has 1 unspecified atom stereocenters. The van der Waals surface area contributed by atoms with Crippen LogP contribution in [0.1, 0.15) is 25.5 Å². The minimum atomic E-state index is -0.638. The third-order valence-electron chi connectivity index (χ3n) is 4.32. The molecule has 1 atom stereocenters. The highest BCUT2D eigenvalue weighted by Gasteiger charge is 2.29. The van der Waals surface area contributed by atoms with Gasteiger partial charge >= 0.3 is 6.03 Å². The van der Waals surface area contributed by atoms with Crippen molar-refractivity contribution in [3.8, 4) is 0 Å². The number of urea groups is 1. The molecule has 134 valence electrons. The Hall–Kier alpha value is -1.79. The molecule has 3 amide bonds. The van der Waals surface area contributed by atoms with Crippen LogP contribution in [0.5, 0.6) is 0 Å². The number of amides is 3. The Labute approximate surface area is 150 Å². The zero-order valence-electron chi connectivity index (χ0n) is 14.4. The van der Waals surface area contributed by atoms with E-state index in [1.165, 1.54) is 0 Å². The highest BCUT2D eigenvalue weighted by Crippen LogP contribution is 2.15. The fourth-order valence-corrected chi connectivity index (χ4v) is 2.81. The fourth-order valence-electron chi connectivity index (χ4n) is 2.81. The molecule has 2 rings (SSSR count). The van der Waals surface area contributed by atoms with Gasteiger partial charge in [-0.25, -0.2) is 4.79 Å². The van der Waals surface area contributed by atoms with Crippen LogP contribution >= 0.6 is 12.4 Å². The smallest absolute Gasteiger partial charge is 0.320 e. The molecular weight excluding hydrogens is 328 g/mol. The Morgan fingerprint density at radius 2 is 1.54 bits per heavy atom. The lowest BCUT2D eigenvalue weighted by atomic mass is 10.1. The van der Waals surface area contributed by atoms with Crippen molar-refractivity contribution in [2.75, 3.05) is 39.3 Å². The third kappa shape index (κ3) is 4.61. The van der Waals surface area contributed by atoms with E-state index in [-0.39, 0.29) is 24.3 Å². The zero-order valence-corrected chi connectivity index (χ0v) is 15.2. The minimum absolute atomic E-state index is 0. The van der Waals surface area contributed by atoms with Crippen LogP contribution in [-0.4, -0.2) is 65.9 Å². The van der Waals surface area contributed by atoms with Gasteiger partial charge in [-0.15, -0.1) is 12.4 Å². The first kappa shape index (κ1) is 20.3. The lowest BCUT2D eigenvalue weighted by molar-refractivity contribution is -0.134. The molecule has 2 N–H and O–H groups in total. The molecule has 1 saturated heterocycles. The number of piperazine rings is 1. The van der Waals surface area contributed by atoms with Gasteiger partial charge in [-0.2, -0.15) is 0 Å². The molecule has 1 aromatic rings. The second-order valence-electron chi connectivity index (χ2n) is 5.66. The number of hydrogen-bond donors (Lipinski definition) is 1. The number of halogens is 1. The summed E-state index contributed by atoms with van der Waals surface area (Å²) < 4.78 is 0. The summed E-state index contributed by atoms with van der Waals surface area (Å²) in [5.41, 5.74) is 6.89. The van der Waals surface area contributed by atoms with Crippen molar-refractivity contribution in [3.05, 3.63) is 35.9 Å². The maximum atomic E-state index is 12.5. The fraction of sp³-hybridized carbons (Fsp3) is 0.529. The molecule has 7 heteroatoms. The summed E-state index contributed by atoms with van der Waals surface area (Å²) in [6.45, 7) is 7.53. The molecule has 1 heterocycles. The molecular formula is C17H27ClN4O2. The van der Waals surface area contributed by atoms with Crippen LogP contribution in [0.4, 0.5) is 4.79 Å². The first-order valence-corrected chi connectivity index (χ1v) is 8.21. The minimum Gasteiger partial charge on any atom is -0.337 e. The first-order chi connectivity index (χ1) is 11.1. The van der Waals surface area contributed by atoms with Gasteiger partial charge in [-0.1, -0.05) is 30.3 Å². The maximum Gasteiger partial charge on any atom is 0.320 e. The van der Waals surface area contributed by atoms with Gasteiger partial charge in [0.1, 0.15) is 6.04 Å². The SMILES string of the molecule is CCN(CC)C(=O)N1CCN(C(=O)C(N)c2ccccc2)CC1.Cl. The number of nitrogens with zero attached hydrogens (tertiary/aromatic N) is 3. The van der Waals surface area contributed by atoms with Gasteiger partial charge in [0.15, 0.2) is 0 Å². The van der Waals surface area contributed by atoms with E-state index >= 15 is 0 Å². The number of benzene rings is 1. The van der Waals surface area contributed by atoms with Gasteiger partial charge in [0.2, 0.25) is 5.91 Å². The summed E-state index contributed by atoms with van der Waals surface area (Å²) in [6, 6.07) is 8.80. The van der Waals surface area contributed by atoms with Crippen LogP contribution in [0.15, 0.2) is 30.3 Å². The molecule has 0 bridgehead atoms. The lowest BCUT2D eigenvalue weighted by Gasteiger charge is -2.38. The summed E-state index contributed by atoms with van der Waals surface area (Å²) in [5.74, 6) is -0.0776. The van der Waals surface area contributed by atoms with Crippen molar-refractivity contribution in [1.82, 2.24) is 14.7 Å². The van der Waals surface area contributed by atoms with Crippen LogP contribution < -0.4 is 5.73 Å². The molecule has 0 spiro atoms. The predicted octanol–water partition coefficient (Wildman–Crippen LogP) is 1.71. The van der Waals surface area contributed by atoms with Crippen molar-refractivity contribution in [1.29, 1.82) is 0 Å². The summed E-state index contributed by atoms with van der Waals surface area (Å²) >= 11 is 0. The van der Waals surface area contributed by atoms with E-state index in [9.17, 15) is 9.59 Å². The Balaban J connectivity index is 0.00000288. The number of carbonyl (C=O) groups excluding carboxylic acids is 2. The summed E-state index contributed by atoms with van der Waals surface area (Å²) in [5, 5.41) is 0. The van der Waals surface area contributed by atoms with Gasteiger partial charge in [0, 0.05) is 39.3 Å². The van der Waals surface area contributed by atoms with Crippen LogP contribution in [-0.2, 0) is 4.79 Å². The van der Waals surface area contributed by atoms with Crippen LogP contribution in [0, 0.1) is 0 Å². The average molecular weight is 355 g/mol. The van der Waals surface area contributed by atoms with E-state index < -0.39 is 6.04 Å². The van der Waals surface area contributed by atoms with Gasteiger partial charge in [-0.05, 0) is 19.4 Å². The molecule has 1 aromatic carbocycles. The molecule has 1 aliphatic rings. The molecule has 0 radical (unpaired) electrons. The van der Waals surface area contributed by atoms with Crippen molar-refractivity contribution in [2.24, 2.45) is 5.73 Å². The topological polar surface area (TPSA) is 69.9 Å². The Bertz CT molecular complexity index is 529. The van der Waals surface area contributed by atoms with E-state index in [1.807, 2.05) is 49.1 Å². The molecule has 0 saturated carbocycles. The second kappa shape index (κ2) is 9.49. The second-order valence-corrected chi connectivity index (χ2v) is 5.66. The molecule has 1 fully saturated rings. The van der Waals surface area contributed by atoms with E-state index in [0.717, 1.165) is 5.56 Å². The normalized spacial score (nSPS) is 15.5. The standard InChI is InChI=1S/C17H26N4O2.ClH/c1-3-19(4-2)17(23)21-12-10-20(11-13-21)16(22)15(18)14-8-6-5-7-9-14;/h5-9,15H,3-4,10-13,18H2,1-2H3;1H. The number of rotatable bonds is 4. The van der Waals surface area contributed by atoms with Gasteiger partial charge in [-0.3, -0.25) is 4.79 Å². The van der Waals surface area contributed by atoms with Gasteiger partial charge in [0.25, 0.3) is 0 Å². The largest absolute Gasteiger partial charge is 0.337 e. The molecule has 0 aromatic heterocycles. The number of hydrogen-bond acceptors (Lipinski definition) is 3.